The van der Waals surface area contributed by atoms with Gasteiger partial charge < -0.3 is 0 Å². The van der Waals surface area contributed by atoms with E-state index in [4.69, 9.17) is 0 Å². The first-order valence-electron chi connectivity index (χ1n) is 4.91. The van der Waals surface area contributed by atoms with Gasteiger partial charge in [-0.2, -0.15) is 0 Å². The summed E-state index contributed by atoms with van der Waals surface area (Å²) < 4.78 is 0. The van der Waals surface area contributed by atoms with Crippen molar-refractivity contribution < 1.29 is 9.90 Å². The number of carbonyl (C=O) groups excluding carboxylic acids is 1. The lowest BCUT2D eigenvalue weighted by Crippen LogP contribution is -1.97. The lowest BCUT2D eigenvalue weighted by Gasteiger charge is -1.98. The van der Waals surface area contributed by atoms with Crippen molar-refractivity contribution in [3.8, 4) is 0 Å². The maximum atomic E-state index is 11.1. The van der Waals surface area contributed by atoms with Gasteiger partial charge in [0.25, 0.3) is 0 Å². The number of Topliss-reactive ketones (excluding diaryl/α,β-unsaturated/α-hetero) is 1. The molecule has 2 nitrogen and oxygen atoms in total. The molecule has 0 heterocycles. The zero-order valence-corrected chi connectivity index (χ0v) is 7.97. The van der Waals surface area contributed by atoms with Crippen LogP contribution in [-0.4, -0.2) is 12.4 Å². The summed E-state index contributed by atoms with van der Waals surface area (Å²) in [6.45, 7) is 2.09. The number of ketones is 1. The Hall–Kier alpha value is -0.370. The van der Waals surface area contributed by atoms with E-state index in [1.165, 1.54) is 0 Å². The number of unbranched alkanes of at least 4 members (excludes halogenated alkanes) is 3. The first-order chi connectivity index (χ1) is 5.81. The highest BCUT2D eigenvalue weighted by Crippen LogP contribution is 2.04. The van der Waals surface area contributed by atoms with Gasteiger partial charge in [0.2, 0.25) is 0 Å². The highest BCUT2D eigenvalue weighted by Gasteiger charge is 1.99. The molecule has 12 heavy (non-hydrogen) atoms. The molecule has 0 aliphatic carbocycles. The van der Waals surface area contributed by atoms with Gasteiger partial charge in [0.05, 0.1) is 6.61 Å². The Morgan fingerprint density at radius 2 is 1.67 bits per heavy atom. The summed E-state index contributed by atoms with van der Waals surface area (Å²) in [4.78, 5) is 11.1. The highest BCUT2D eigenvalue weighted by molar-refractivity contribution is 5.78. The van der Waals surface area contributed by atoms with Crippen LogP contribution in [0.2, 0.25) is 0 Å². The van der Waals surface area contributed by atoms with Crippen LogP contribution in [0.25, 0.3) is 0 Å². The number of hydrogen-bond acceptors (Lipinski definition) is 1. The van der Waals surface area contributed by atoms with Crippen molar-refractivity contribution in [2.24, 2.45) is 0 Å². The lowest BCUT2D eigenvalue weighted by atomic mass is 10.1. The molecule has 71 valence electrons. The van der Waals surface area contributed by atoms with E-state index in [1.807, 2.05) is 0 Å². The van der Waals surface area contributed by atoms with E-state index in [2.05, 4.69) is 6.92 Å². The maximum Gasteiger partial charge on any atom is 0.132 e. The number of hydrogen-bond donors (Lipinski definition) is 0. The monoisotopic (exact) mass is 171 g/mol. The second-order valence-electron chi connectivity index (χ2n) is 3.16. The van der Waals surface area contributed by atoms with Gasteiger partial charge in [0.1, 0.15) is 5.78 Å². The molecule has 0 fully saturated rings. The van der Waals surface area contributed by atoms with Crippen molar-refractivity contribution in [2.75, 3.05) is 6.61 Å². The van der Waals surface area contributed by atoms with Crippen LogP contribution in [0, 0.1) is 0 Å². The van der Waals surface area contributed by atoms with Crippen LogP contribution >= 0.6 is 0 Å². The molecule has 0 bridgehead atoms. The predicted octanol–water partition coefficient (Wildman–Crippen LogP) is 2.74. The van der Waals surface area contributed by atoms with E-state index in [9.17, 15) is 9.90 Å². The summed E-state index contributed by atoms with van der Waals surface area (Å²) >= 11 is 0. The molecule has 0 aromatic carbocycles. The van der Waals surface area contributed by atoms with Crippen LogP contribution in [0.1, 0.15) is 51.9 Å². The van der Waals surface area contributed by atoms with E-state index in [1.54, 1.807) is 0 Å². The SMILES string of the molecule is CCCCC(=O)CCCCC[O]. The van der Waals surface area contributed by atoms with Crippen LogP contribution in [0.3, 0.4) is 0 Å². The minimum Gasteiger partial charge on any atom is -0.300 e. The minimum absolute atomic E-state index is 0.00313. The first-order valence-corrected chi connectivity index (χ1v) is 4.91. The molecule has 0 aliphatic rings. The van der Waals surface area contributed by atoms with Crippen molar-refractivity contribution in [1.82, 2.24) is 0 Å². The Balaban J connectivity index is 3.08. The highest BCUT2D eigenvalue weighted by atomic mass is 16.2. The molecular weight excluding hydrogens is 152 g/mol. The Morgan fingerprint density at radius 3 is 2.25 bits per heavy atom. The van der Waals surface area contributed by atoms with Crippen molar-refractivity contribution in [1.29, 1.82) is 0 Å². The topological polar surface area (TPSA) is 37.0 Å². The van der Waals surface area contributed by atoms with Gasteiger partial charge in [-0.15, -0.1) is 0 Å². The van der Waals surface area contributed by atoms with Crippen molar-refractivity contribution >= 4 is 5.78 Å². The average Bonchev–Trinajstić information content (AvgIpc) is 2.09. The molecular formula is C10H19O2. The molecule has 2 heteroatoms. The molecule has 0 unspecified atom stereocenters. The average molecular weight is 171 g/mol. The Bertz CT molecular complexity index is 110. The first kappa shape index (κ1) is 11.6. The number of carbonyl (C=O) groups is 1. The summed E-state index contributed by atoms with van der Waals surface area (Å²) in [5.74, 6) is 0.364. The minimum atomic E-state index is 0.00313. The van der Waals surface area contributed by atoms with Crippen molar-refractivity contribution in [3.63, 3.8) is 0 Å². The Kier molecular flexibility index (Phi) is 8.46. The largest absolute Gasteiger partial charge is 0.300 e. The lowest BCUT2D eigenvalue weighted by molar-refractivity contribution is -0.119. The molecule has 0 saturated heterocycles. The van der Waals surface area contributed by atoms with Gasteiger partial charge in [0.15, 0.2) is 0 Å². The second kappa shape index (κ2) is 8.72. The van der Waals surface area contributed by atoms with Crippen LogP contribution in [0.4, 0.5) is 0 Å². The van der Waals surface area contributed by atoms with Crippen LogP contribution in [0.5, 0.6) is 0 Å². The van der Waals surface area contributed by atoms with E-state index in [0.717, 1.165) is 38.5 Å². The van der Waals surface area contributed by atoms with Crippen LogP contribution in [0.15, 0.2) is 0 Å². The summed E-state index contributed by atoms with van der Waals surface area (Å²) in [6, 6.07) is 0. The Morgan fingerprint density at radius 1 is 1.00 bits per heavy atom. The quantitative estimate of drug-likeness (QED) is 0.517. The van der Waals surface area contributed by atoms with Crippen molar-refractivity contribution in [3.05, 3.63) is 0 Å². The van der Waals surface area contributed by atoms with Crippen molar-refractivity contribution in [2.45, 2.75) is 51.9 Å². The zero-order chi connectivity index (χ0) is 9.23. The molecule has 0 aromatic heterocycles. The molecule has 0 atom stereocenters. The van der Waals surface area contributed by atoms with Gasteiger partial charge in [-0.1, -0.05) is 19.8 Å². The molecule has 0 saturated carbocycles. The molecule has 0 amide bonds. The Labute approximate surface area is 75.0 Å². The zero-order valence-electron chi connectivity index (χ0n) is 7.97. The van der Waals surface area contributed by atoms with Gasteiger partial charge >= 0.3 is 0 Å². The van der Waals surface area contributed by atoms with Gasteiger partial charge in [-0.05, 0) is 19.3 Å². The van der Waals surface area contributed by atoms with Crippen LogP contribution in [-0.2, 0) is 9.90 Å². The van der Waals surface area contributed by atoms with Gasteiger partial charge in [-0.25, -0.2) is 5.11 Å². The third kappa shape index (κ3) is 7.73. The third-order valence-corrected chi connectivity index (χ3v) is 1.91. The van der Waals surface area contributed by atoms with Crippen LogP contribution < -0.4 is 0 Å². The van der Waals surface area contributed by atoms with E-state index < -0.39 is 0 Å². The predicted molar refractivity (Wildman–Crippen MR) is 48.6 cm³/mol. The smallest absolute Gasteiger partial charge is 0.132 e. The summed E-state index contributed by atoms with van der Waals surface area (Å²) in [5.41, 5.74) is 0. The summed E-state index contributed by atoms with van der Waals surface area (Å²) in [5, 5.41) is 10.1. The van der Waals surface area contributed by atoms with E-state index in [0.29, 0.717) is 12.2 Å². The van der Waals surface area contributed by atoms with Gasteiger partial charge in [0, 0.05) is 12.8 Å². The second-order valence-corrected chi connectivity index (χ2v) is 3.16. The fraction of sp³-hybridized carbons (Fsp3) is 0.900. The fourth-order valence-electron chi connectivity index (χ4n) is 1.10. The molecule has 0 aliphatic heterocycles. The molecule has 0 rings (SSSR count). The standard InChI is InChI=1S/C10H19O2/c1-2-3-7-10(12)8-5-4-6-9-11/h2-9H2,1H3. The van der Waals surface area contributed by atoms with Gasteiger partial charge in [-0.3, -0.25) is 4.79 Å². The molecule has 0 aromatic rings. The molecule has 1 radical (unpaired) electrons. The maximum absolute atomic E-state index is 11.1. The molecule has 0 N–H and O–H groups in total. The van der Waals surface area contributed by atoms with E-state index >= 15 is 0 Å². The van der Waals surface area contributed by atoms with E-state index in [-0.39, 0.29) is 6.61 Å². The normalized spacial score (nSPS) is 10.2. The summed E-state index contributed by atoms with van der Waals surface area (Å²) in [7, 11) is 0. The fourth-order valence-corrected chi connectivity index (χ4v) is 1.10. The molecule has 0 spiro atoms. The summed E-state index contributed by atoms with van der Waals surface area (Å²) in [6.07, 6.45) is 6.06. The number of rotatable bonds is 8. The third-order valence-electron chi connectivity index (χ3n) is 1.91.